The molecule has 0 atom stereocenters. The van der Waals surface area contributed by atoms with Gasteiger partial charge in [-0.25, -0.2) is 0 Å². The Balaban J connectivity index is 2.71. The molecule has 1 aliphatic heterocycles. The van der Waals surface area contributed by atoms with Crippen molar-refractivity contribution in [3.05, 3.63) is 41.7 Å². The lowest BCUT2D eigenvalue weighted by Gasteiger charge is -2.22. The molecule has 0 unspecified atom stereocenters. The molecule has 0 aromatic heterocycles. The number of carbonyl (C=O) groups is 1. The third-order valence-corrected chi connectivity index (χ3v) is 3.13. The Labute approximate surface area is 112 Å². The summed E-state index contributed by atoms with van der Waals surface area (Å²) in [6.07, 6.45) is 1.54. The number of benzene rings is 1. The molecule has 5 nitrogen and oxygen atoms in total. The Hall–Kier alpha value is -2.43. The number of para-hydroxylation sites is 1. The van der Waals surface area contributed by atoms with Crippen molar-refractivity contribution in [3.63, 3.8) is 0 Å². The van der Waals surface area contributed by atoms with E-state index in [2.05, 4.69) is 16.7 Å². The average molecular weight is 256 g/mol. The number of rotatable bonds is 1. The summed E-state index contributed by atoms with van der Waals surface area (Å²) >= 11 is 0. The molecule has 0 saturated heterocycles. The molecule has 0 saturated carbocycles. The van der Waals surface area contributed by atoms with Crippen molar-refractivity contribution in [3.8, 4) is 0 Å². The van der Waals surface area contributed by atoms with Gasteiger partial charge in [-0.1, -0.05) is 12.1 Å². The fraction of sp³-hybridized carbons (Fsp3) is 0.214. The van der Waals surface area contributed by atoms with Gasteiger partial charge in [-0.2, -0.15) is 0 Å². The Morgan fingerprint density at radius 3 is 2.53 bits per heavy atom. The quantitative estimate of drug-likeness (QED) is 0.719. The number of likely N-dealkylation sites (N-methyl/N-ethyl adjacent to an activating group) is 2. The first kappa shape index (κ1) is 13.0. The Morgan fingerprint density at radius 2 is 1.89 bits per heavy atom. The van der Waals surface area contributed by atoms with E-state index < -0.39 is 0 Å². The standard InChI is InChI=1S/C14H16N4O/c1-15-9-12-13(16-2)17(3)11-8-6-5-7-10(11)14(19)18(12)4/h5-9H,1H2,2-4H3. The molecule has 0 radical (unpaired) electrons. The maximum Gasteiger partial charge on any atom is 0.260 e. The number of aliphatic imine (C=N–C) groups is 2. The predicted molar refractivity (Wildman–Crippen MR) is 77.9 cm³/mol. The van der Waals surface area contributed by atoms with E-state index in [1.807, 2.05) is 36.2 Å². The second-order valence-corrected chi connectivity index (χ2v) is 4.18. The minimum absolute atomic E-state index is 0.0870. The number of nitrogens with zero attached hydrogens (tertiary/aromatic N) is 4. The molecule has 1 aromatic carbocycles. The molecule has 0 bridgehead atoms. The molecule has 98 valence electrons. The summed E-state index contributed by atoms with van der Waals surface area (Å²) in [5.74, 6) is 0.587. The highest BCUT2D eigenvalue weighted by atomic mass is 16.2. The molecule has 19 heavy (non-hydrogen) atoms. The molecule has 1 amide bonds. The summed E-state index contributed by atoms with van der Waals surface area (Å²) in [6.45, 7) is 3.45. The van der Waals surface area contributed by atoms with Crippen LogP contribution in [0.2, 0.25) is 0 Å². The van der Waals surface area contributed by atoms with Crippen LogP contribution in [0.25, 0.3) is 0 Å². The number of hydrogen-bond acceptors (Lipinski definition) is 3. The molecule has 1 aromatic rings. The number of amides is 1. The van der Waals surface area contributed by atoms with Crippen molar-refractivity contribution < 1.29 is 4.79 Å². The van der Waals surface area contributed by atoms with Gasteiger partial charge in [-0.15, -0.1) is 0 Å². The molecule has 2 rings (SSSR count). The number of hydrogen-bond donors (Lipinski definition) is 0. The van der Waals surface area contributed by atoms with E-state index in [1.165, 1.54) is 0 Å². The summed E-state index contributed by atoms with van der Waals surface area (Å²) in [4.78, 5) is 23.9. The predicted octanol–water partition coefficient (Wildman–Crippen LogP) is 1.78. The van der Waals surface area contributed by atoms with Crippen molar-refractivity contribution in [1.29, 1.82) is 0 Å². The highest BCUT2D eigenvalue weighted by Crippen LogP contribution is 2.28. The number of carbonyl (C=O) groups excluding carboxylic acids is 1. The molecule has 0 N–H and O–H groups in total. The highest BCUT2D eigenvalue weighted by molar-refractivity contribution is 6.17. The summed E-state index contributed by atoms with van der Waals surface area (Å²) < 4.78 is 0. The largest absolute Gasteiger partial charge is 0.327 e. The summed E-state index contributed by atoms with van der Waals surface area (Å²) in [7, 11) is 5.28. The highest BCUT2D eigenvalue weighted by Gasteiger charge is 2.29. The smallest absolute Gasteiger partial charge is 0.260 e. The van der Waals surface area contributed by atoms with Crippen LogP contribution in [0.5, 0.6) is 0 Å². The molecule has 1 aliphatic rings. The Kier molecular flexibility index (Phi) is 3.46. The Bertz CT molecular complexity index is 589. The molecular weight excluding hydrogens is 240 g/mol. The van der Waals surface area contributed by atoms with Gasteiger partial charge in [0.1, 0.15) is 5.70 Å². The lowest BCUT2D eigenvalue weighted by Crippen LogP contribution is -2.33. The van der Waals surface area contributed by atoms with Gasteiger partial charge in [0.2, 0.25) is 0 Å². The zero-order valence-electron chi connectivity index (χ0n) is 11.3. The second-order valence-electron chi connectivity index (χ2n) is 4.18. The van der Waals surface area contributed by atoms with Gasteiger partial charge in [0, 0.05) is 21.1 Å². The normalized spacial score (nSPS) is 19.6. The molecule has 0 fully saturated rings. The van der Waals surface area contributed by atoms with Crippen molar-refractivity contribution in [1.82, 2.24) is 4.90 Å². The van der Waals surface area contributed by atoms with Crippen molar-refractivity contribution >= 4 is 24.1 Å². The number of amidine groups is 1. The minimum atomic E-state index is -0.0870. The topological polar surface area (TPSA) is 48.3 Å². The Morgan fingerprint density at radius 1 is 1.21 bits per heavy atom. The molecular formula is C14H16N4O. The van der Waals surface area contributed by atoms with Crippen LogP contribution < -0.4 is 4.90 Å². The van der Waals surface area contributed by atoms with Gasteiger partial charge in [0.25, 0.3) is 5.91 Å². The van der Waals surface area contributed by atoms with Crippen LogP contribution in [0.15, 0.2) is 46.1 Å². The van der Waals surface area contributed by atoms with Crippen LogP contribution >= 0.6 is 0 Å². The van der Waals surface area contributed by atoms with Crippen LogP contribution in [0.4, 0.5) is 5.69 Å². The van der Waals surface area contributed by atoms with Crippen LogP contribution in [0, 0.1) is 0 Å². The summed E-state index contributed by atoms with van der Waals surface area (Å²) in [6, 6.07) is 7.46. The van der Waals surface area contributed by atoms with Gasteiger partial charge in [-0.3, -0.25) is 14.8 Å². The maximum absolute atomic E-state index is 12.5. The van der Waals surface area contributed by atoms with E-state index in [0.717, 1.165) is 5.69 Å². The maximum atomic E-state index is 12.5. The second kappa shape index (κ2) is 5.06. The van der Waals surface area contributed by atoms with Gasteiger partial charge in [0.05, 0.1) is 17.5 Å². The van der Waals surface area contributed by atoms with Gasteiger partial charge < -0.3 is 9.80 Å². The SMILES string of the molecule is C=NC=C1C(=NC)N(C)c2ccccc2C(=O)N1C. The summed E-state index contributed by atoms with van der Waals surface area (Å²) in [5.41, 5.74) is 2.09. The van der Waals surface area contributed by atoms with Crippen LogP contribution in [-0.2, 0) is 0 Å². The average Bonchev–Trinajstić information content (AvgIpc) is 2.51. The molecule has 1 heterocycles. The van der Waals surface area contributed by atoms with E-state index in [-0.39, 0.29) is 5.91 Å². The van der Waals surface area contributed by atoms with E-state index >= 15 is 0 Å². The van der Waals surface area contributed by atoms with Crippen LogP contribution in [0.3, 0.4) is 0 Å². The first-order valence-corrected chi connectivity index (χ1v) is 5.85. The fourth-order valence-corrected chi connectivity index (χ4v) is 2.17. The number of anilines is 1. The monoisotopic (exact) mass is 256 g/mol. The van der Waals surface area contributed by atoms with Gasteiger partial charge >= 0.3 is 0 Å². The third-order valence-electron chi connectivity index (χ3n) is 3.13. The van der Waals surface area contributed by atoms with E-state index in [0.29, 0.717) is 17.1 Å². The molecule has 0 spiro atoms. The van der Waals surface area contributed by atoms with Crippen LogP contribution in [0.1, 0.15) is 10.4 Å². The zero-order valence-corrected chi connectivity index (χ0v) is 11.3. The van der Waals surface area contributed by atoms with Gasteiger partial charge in [-0.05, 0) is 18.9 Å². The van der Waals surface area contributed by atoms with Crippen molar-refractivity contribution in [2.45, 2.75) is 0 Å². The third kappa shape index (κ3) is 2.03. The summed E-state index contributed by atoms with van der Waals surface area (Å²) in [5, 5.41) is 0. The van der Waals surface area contributed by atoms with E-state index in [4.69, 9.17) is 0 Å². The number of fused-ring (bicyclic) bond motifs is 1. The first-order valence-electron chi connectivity index (χ1n) is 5.85. The van der Waals surface area contributed by atoms with Gasteiger partial charge in [0.15, 0.2) is 5.84 Å². The lowest BCUT2D eigenvalue weighted by atomic mass is 10.1. The first-order chi connectivity index (χ1) is 9.11. The van der Waals surface area contributed by atoms with E-state index in [9.17, 15) is 4.79 Å². The van der Waals surface area contributed by atoms with Crippen molar-refractivity contribution in [2.24, 2.45) is 9.98 Å². The molecule has 0 aliphatic carbocycles. The van der Waals surface area contributed by atoms with E-state index in [1.54, 1.807) is 25.2 Å². The molecule has 5 heteroatoms. The lowest BCUT2D eigenvalue weighted by molar-refractivity contribution is 0.0845. The van der Waals surface area contributed by atoms with Crippen molar-refractivity contribution in [2.75, 3.05) is 26.0 Å². The van der Waals surface area contributed by atoms with Crippen LogP contribution in [-0.4, -0.2) is 44.5 Å². The zero-order chi connectivity index (χ0) is 14.0. The minimum Gasteiger partial charge on any atom is -0.327 e. The fourth-order valence-electron chi connectivity index (χ4n) is 2.17.